The first-order valence-corrected chi connectivity index (χ1v) is 7.67. The van der Waals surface area contributed by atoms with E-state index in [2.05, 4.69) is 10.3 Å². The van der Waals surface area contributed by atoms with Crippen LogP contribution >= 0.6 is 0 Å². The van der Waals surface area contributed by atoms with Crippen molar-refractivity contribution in [2.24, 2.45) is 5.92 Å². The predicted molar refractivity (Wildman–Crippen MR) is 80.3 cm³/mol. The second-order valence-electron chi connectivity index (χ2n) is 5.55. The van der Waals surface area contributed by atoms with Crippen LogP contribution in [-0.2, 0) is 0 Å². The SMILES string of the molecule is COc1ncccc1C(=O)NC(CCO)C1CCCCC1. The Bertz CT molecular complexity index is 459. The zero-order valence-corrected chi connectivity index (χ0v) is 12.5. The van der Waals surface area contributed by atoms with Crippen LogP contribution in [0.5, 0.6) is 5.88 Å². The molecule has 2 rings (SSSR count). The second kappa shape index (κ2) is 7.98. The van der Waals surface area contributed by atoms with Crippen LogP contribution in [-0.4, -0.2) is 35.8 Å². The molecule has 1 aromatic heterocycles. The van der Waals surface area contributed by atoms with Crippen molar-refractivity contribution in [1.29, 1.82) is 0 Å². The maximum absolute atomic E-state index is 12.4. The summed E-state index contributed by atoms with van der Waals surface area (Å²) in [5, 5.41) is 12.3. The van der Waals surface area contributed by atoms with E-state index >= 15 is 0 Å². The molecule has 1 aromatic rings. The Hall–Kier alpha value is -1.62. The standard InChI is InChI=1S/C16H24N2O3/c1-21-16-13(8-5-10-17-16)15(20)18-14(9-11-19)12-6-3-2-4-7-12/h5,8,10,12,14,19H,2-4,6-7,9,11H2,1H3,(H,18,20). The van der Waals surface area contributed by atoms with Gasteiger partial charge in [-0.3, -0.25) is 4.79 Å². The van der Waals surface area contributed by atoms with Gasteiger partial charge in [0.2, 0.25) is 5.88 Å². The lowest BCUT2D eigenvalue weighted by atomic mass is 9.82. The minimum absolute atomic E-state index is 0.0210. The van der Waals surface area contributed by atoms with E-state index in [1.165, 1.54) is 26.4 Å². The first-order chi connectivity index (χ1) is 10.3. The third kappa shape index (κ3) is 4.17. The van der Waals surface area contributed by atoms with Gasteiger partial charge in [0, 0.05) is 18.8 Å². The monoisotopic (exact) mass is 292 g/mol. The lowest BCUT2D eigenvalue weighted by Gasteiger charge is -2.30. The molecule has 1 aliphatic rings. The van der Waals surface area contributed by atoms with Crippen LogP contribution in [0.1, 0.15) is 48.9 Å². The van der Waals surface area contributed by atoms with Gasteiger partial charge in [0.15, 0.2) is 0 Å². The fourth-order valence-corrected chi connectivity index (χ4v) is 3.07. The molecule has 0 spiro atoms. The number of amides is 1. The maximum Gasteiger partial charge on any atom is 0.256 e. The fraction of sp³-hybridized carbons (Fsp3) is 0.625. The lowest BCUT2D eigenvalue weighted by molar-refractivity contribution is 0.0896. The highest BCUT2D eigenvalue weighted by Gasteiger charge is 2.26. The summed E-state index contributed by atoms with van der Waals surface area (Å²) in [6.45, 7) is 0.0889. The topological polar surface area (TPSA) is 71.5 Å². The van der Waals surface area contributed by atoms with E-state index in [4.69, 9.17) is 4.74 Å². The minimum Gasteiger partial charge on any atom is -0.480 e. The van der Waals surface area contributed by atoms with Gasteiger partial charge < -0.3 is 15.2 Å². The molecular formula is C16H24N2O3. The molecule has 2 N–H and O–H groups in total. The summed E-state index contributed by atoms with van der Waals surface area (Å²) in [5.74, 6) is 0.614. The van der Waals surface area contributed by atoms with Crippen molar-refractivity contribution in [2.45, 2.75) is 44.6 Å². The molecule has 21 heavy (non-hydrogen) atoms. The number of rotatable bonds is 6. The molecule has 1 atom stereocenters. The molecule has 0 aliphatic heterocycles. The van der Waals surface area contributed by atoms with Crippen molar-refractivity contribution in [2.75, 3.05) is 13.7 Å². The number of ether oxygens (including phenoxy) is 1. The van der Waals surface area contributed by atoms with E-state index in [1.54, 1.807) is 18.3 Å². The number of aromatic nitrogens is 1. The van der Waals surface area contributed by atoms with Gasteiger partial charge >= 0.3 is 0 Å². The van der Waals surface area contributed by atoms with Gasteiger partial charge in [0.25, 0.3) is 5.91 Å². The van der Waals surface area contributed by atoms with Gasteiger partial charge in [-0.25, -0.2) is 4.98 Å². The molecule has 5 heteroatoms. The maximum atomic E-state index is 12.4. The Morgan fingerprint density at radius 2 is 2.24 bits per heavy atom. The quantitative estimate of drug-likeness (QED) is 0.843. The van der Waals surface area contributed by atoms with Crippen molar-refractivity contribution in [3.63, 3.8) is 0 Å². The number of aliphatic hydroxyl groups is 1. The predicted octanol–water partition coefficient (Wildman–Crippen LogP) is 2.15. The van der Waals surface area contributed by atoms with Gasteiger partial charge in [0.05, 0.1) is 7.11 Å². The largest absolute Gasteiger partial charge is 0.480 e. The van der Waals surface area contributed by atoms with Gasteiger partial charge in [-0.15, -0.1) is 0 Å². The van der Waals surface area contributed by atoms with E-state index in [1.807, 2.05) is 0 Å². The highest BCUT2D eigenvalue weighted by molar-refractivity contribution is 5.96. The van der Waals surface area contributed by atoms with Crippen LogP contribution < -0.4 is 10.1 Å². The van der Waals surface area contributed by atoms with Gasteiger partial charge in [-0.05, 0) is 37.3 Å². The average molecular weight is 292 g/mol. The molecule has 1 unspecified atom stereocenters. The van der Waals surface area contributed by atoms with Crippen LogP contribution in [0.15, 0.2) is 18.3 Å². The van der Waals surface area contributed by atoms with Crippen LogP contribution in [0.2, 0.25) is 0 Å². The van der Waals surface area contributed by atoms with Crippen LogP contribution in [0.25, 0.3) is 0 Å². The Kier molecular flexibility index (Phi) is 5.99. The number of nitrogens with one attached hydrogen (secondary N) is 1. The molecule has 5 nitrogen and oxygen atoms in total. The number of hydrogen-bond acceptors (Lipinski definition) is 4. The summed E-state index contributed by atoms with van der Waals surface area (Å²) < 4.78 is 5.13. The number of aliphatic hydroxyl groups excluding tert-OH is 1. The third-order valence-corrected chi connectivity index (χ3v) is 4.18. The number of nitrogens with zero attached hydrogens (tertiary/aromatic N) is 1. The number of methoxy groups -OCH3 is 1. The number of carbonyl (C=O) groups is 1. The Morgan fingerprint density at radius 3 is 2.90 bits per heavy atom. The Balaban J connectivity index is 2.06. The third-order valence-electron chi connectivity index (χ3n) is 4.18. The lowest BCUT2D eigenvalue weighted by Crippen LogP contribution is -2.41. The molecule has 1 amide bonds. The zero-order valence-electron chi connectivity index (χ0n) is 12.5. The molecule has 1 heterocycles. The van der Waals surface area contributed by atoms with Crippen molar-refractivity contribution in [3.05, 3.63) is 23.9 Å². The summed E-state index contributed by atoms with van der Waals surface area (Å²) in [6, 6.07) is 3.45. The van der Waals surface area contributed by atoms with Crippen LogP contribution in [0.4, 0.5) is 0 Å². The molecule has 0 aromatic carbocycles. The minimum atomic E-state index is -0.177. The number of hydrogen-bond donors (Lipinski definition) is 2. The molecule has 116 valence electrons. The molecule has 1 fully saturated rings. The summed E-state index contributed by atoms with van der Waals surface area (Å²) >= 11 is 0. The zero-order chi connectivity index (χ0) is 15.1. The smallest absolute Gasteiger partial charge is 0.256 e. The highest BCUT2D eigenvalue weighted by Crippen LogP contribution is 2.28. The van der Waals surface area contributed by atoms with Crippen LogP contribution in [0, 0.1) is 5.92 Å². The fourth-order valence-electron chi connectivity index (χ4n) is 3.07. The number of carbonyl (C=O) groups excluding carboxylic acids is 1. The van der Waals surface area contributed by atoms with E-state index in [0.29, 0.717) is 23.8 Å². The first kappa shape index (κ1) is 15.8. The summed E-state index contributed by atoms with van der Waals surface area (Å²) in [6.07, 6.45) is 8.12. The Labute approximate surface area is 125 Å². The number of pyridine rings is 1. The summed E-state index contributed by atoms with van der Waals surface area (Å²) in [5.41, 5.74) is 0.443. The van der Waals surface area contributed by atoms with Crippen LogP contribution in [0.3, 0.4) is 0 Å². The normalized spacial score (nSPS) is 17.2. The summed E-state index contributed by atoms with van der Waals surface area (Å²) in [4.78, 5) is 16.5. The van der Waals surface area contributed by atoms with E-state index in [-0.39, 0.29) is 18.6 Å². The van der Waals surface area contributed by atoms with Crippen molar-refractivity contribution in [1.82, 2.24) is 10.3 Å². The second-order valence-corrected chi connectivity index (χ2v) is 5.55. The van der Waals surface area contributed by atoms with E-state index < -0.39 is 0 Å². The summed E-state index contributed by atoms with van der Waals surface area (Å²) in [7, 11) is 1.51. The van der Waals surface area contributed by atoms with E-state index in [9.17, 15) is 9.90 Å². The molecule has 0 bridgehead atoms. The van der Waals surface area contributed by atoms with Crippen molar-refractivity contribution >= 4 is 5.91 Å². The van der Waals surface area contributed by atoms with Gasteiger partial charge in [-0.1, -0.05) is 19.3 Å². The van der Waals surface area contributed by atoms with Gasteiger partial charge in [0.1, 0.15) is 5.56 Å². The molecule has 1 saturated carbocycles. The van der Waals surface area contributed by atoms with Gasteiger partial charge in [-0.2, -0.15) is 0 Å². The first-order valence-electron chi connectivity index (χ1n) is 7.67. The van der Waals surface area contributed by atoms with E-state index in [0.717, 1.165) is 12.8 Å². The highest BCUT2D eigenvalue weighted by atomic mass is 16.5. The average Bonchev–Trinajstić information content (AvgIpc) is 2.55. The molecule has 0 saturated heterocycles. The van der Waals surface area contributed by atoms with Crippen molar-refractivity contribution in [3.8, 4) is 5.88 Å². The Morgan fingerprint density at radius 1 is 1.48 bits per heavy atom. The molecular weight excluding hydrogens is 268 g/mol. The molecule has 1 aliphatic carbocycles. The van der Waals surface area contributed by atoms with Crippen molar-refractivity contribution < 1.29 is 14.6 Å². The molecule has 0 radical (unpaired) electrons.